The summed E-state index contributed by atoms with van der Waals surface area (Å²) in [6.07, 6.45) is 8.04. The molecule has 1 saturated carbocycles. The lowest BCUT2D eigenvalue weighted by molar-refractivity contribution is -0.182. The van der Waals surface area contributed by atoms with E-state index in [4.69, 9.17) is 9.47 Å². The molecule has 33 heavy (non-hydrogen) atoms. The van der Waals surface area contributed by atoms with E-state index < -0.39 is 11.2 Å². The lowest BCUT2D eigenvalue weighted by Crippen LogP contribution is -2.41. The van der Waals surface area contributed by atoms with Crippen molar-refractivity contribution in [2.75, 3.05) is 13.2 Å². The molecule has 0 amide bonds. The Kier molecular flexibility index (Phi) is 5.57. The van der Waals surface area contributed by atoms with Crippen LogP contribution in [0.1, 0.15) is 47.3 Å². The van der Waals surface area contributed by atoms with Crippen LogP contribution in [0.5, 0.6) is 0 Å². The Balaban J connectivity index is 1.26. The Bertz CT molecular complexity index is 1180. The van der Waals surface area contributed by atoms with Crippen molar-refractivity contribution in [3.63, 3.8) is 0 Å². The molecule has 1 aliphatic heterocycles. The number of Topliss-reactive ketones (excluding diaryl/α,β-unsaturated/α-hetero) is 1. The van der Waals surface area contributed by atoms with Crippen LogP contribution < -0.4 is 0 Å². The van der Waals surface area contributed by atoms with Gasteiger partial charge in [-0.25, -0.2) is 4.39 Å². The first kappa shape index (κ1) is 21.5. The molecule has 5 rings (SSSR count). The van der Waals surface area contributed by atoms with E-state index in [0.717, 1.165) is 16.9 Å². The summed E-state index contributed by atoms with van der Waals surface area (Å²) in [4.78, 5) is 17.4. The topological polar surface area (TPSA) is 77.1 Å². The molecule has 0 N–H and O–H groups in total. The third kappa shape index (κ3) is 4.20. The van der Waals surface area contributed by atoms with Crippen LogP contribution in [0.4, 0.5) is 4.39 Å². The second-order valence-electron chi connectivity index (χ2n) is 8.74. The maximum atomic E-state index is 13.1. The fourth-order valence-corrected chi connectivity index (χ4v) is 4.70. The molecule has 1 aliphatic carbocycles. The fourth-order valence-electron chi connectivity index (χ4n) is 4.70. The van der Waals surface area contributed by atoms with E-state index in [1.54, 1.807) is 41.4 Å². The summed E-state index contributed by atoms with van der Waals surface area (Å²) in [5, 5.41) is 9.95. The van der Waals surface area contributed by atoms with Gasteiger partial charge in [0.25, 0.3) is 0 Å². The number of carbonyl (C=O) groups is 1. The Labute approximate surface area is 191 Å². The van der Waals surface area contributed by atoms with Crippen molar-refractivity contribution < 1.29 is 18.7 Å². The quantitative estimate of drug-likeness (QED) is 0.540. The highest BCUT2D eigenvalue weighted by atomic mass is 19.1. The highest BCUT2D eigenvalue weighted by Crippen LogP contribution is 2.45. The van der Waals surface area contributed by atoms with Crippen LogP contribution in [-0.2, 0) is 21.3 Å². The van der Waals surface area contributed by atoms with E-state index in [9.17, 15) is 14.4 Å². The van der Waals surface area contributed by atoms with Gasteiger partial charge in [0.05, 0.1) is 30.4 Å². The van der Waals surface area contributed by atoms with Gasteiger partial charge < -0.3 is 14.0 Å². The van der Waals surface area contributed by atoms with Gasteiger partial charge in [0.2, 0.25) is 0 Å². The van der Waals surface area contributed by atoms with Crippen LogP contribution >= 0.6 is 0 Å². The van der Waals surface area contributed by atoms with Gasteiger partial charge in [0, 0.05) is 49.1 Å². The minimum Gasteiger partial charge on any atom is -0.348 e. The summed E-state index contributed by atoms with van der Waals surface area (Å²) < 4.78 is 26.5. The SMILES string of the molecule is N#CC1(c2ccc(CC(=O)c3ccn(-c4ccc(F)cc4)c3)cn2)CCC2(CC1)OCCO2. The van der Waals surface area contributed by atoms with E-state index in [2.05, 4.69) is 11.1 Å². The first-order valence-electron chi connectivity index (χ1n) is 11.1. The number of hydrogen-bond donors (Lipinski definition) is 0. The minimum absolute atomic E-state index is 0.0319. The lowest BCUT2D eigenvalue weighted by Gasteiger charge is -2.39. The molecule has 1 saturated heterocycles. The number of pyridine rings is 1. The van der Waals surface area contributed by atoms with Crippen LogP contribution in [0.2, 0.25) is 0 Å². The van der Waals surface area contributed by atoms with Crippen molar-refractivity contribution >= 4 is 5.78 Å². The Hall–Kier alpha value is -3.34. The molecular weight excluding hydrogens is 421 g/mol. The second kappa shape index (κ2) is 8.54. The zero-order chi connectivity index (χ0) is 22.9. The highest BCUT2D eigenvalue weighted by Gasteiger charge is 2.48. The maximum absolute atomic E-state index is 13.1. The molecule has 0 radical (unpaired) electrons. The van der Waals surface area contributed by atoms with Crippen molar-refractivity contribution in [3.8, 4) is 11.8 Å². The summed E-state index contributed by atoms with van der Waals surface area (Å²) >= 11 is 0. The molecule has 7 heteroatoms. The van der Waals surface area contributed by atoms with Crippen LogP contribution in [-0.4, -0.2) is 34.3 Å². The van der Waals surface area contributed by atoms with Gasteiger partial charge in [-0.3, -0.25) is 9.78 Å². The molecule has 0 bridgehead atoms. The number of benzene rings is 1. The van der Waals surface area contributed by atoms with Gasteiger partial charge in [-0.05, 0) is 54.8 Å². The van der Waals surface area contributed by atoms with Crippen molar-refractivity contribution in [3.05, 3.63) is 83.7 Å². The number of ketones is 1. The first-order chi connectivity index (χ1) is 16.0. The smallest absolute Gasteiger partial charge is 0.168 e. The summed E-state index contributed by atoms with van der Waals surface area (Å²) in [6.45, 7) is 1.21. The standard InChI is InChI=1S/C26H24FN3O3/c27-21-2-4-22(5-3-21)30-12-7-20(17-30)23(31)15-19-1-6-24(29-16-19)25(18-28)8-10-26(11-9-25)32-13-14-33-26/h1-7,12,16-17H,8-11,13-15H2. The van der Waals surface area contributed by atoms with E-state index in [-0.39, 0.29) is 18.0 Å². The number of ether oxygens (including phenoxy) is 2. The van der Waals surface area contributed by atoms with Crippen molar-refractivity contribution in [2.45, 2.75) is 43.3 Å². The number of carbonyl (C=O) groups excluding carboxylic acids is 1. The number of nitrogens with zero attached hydrogens (tertiary/aromatic N) is 3. The highest BCUT2D eigenvalue weighted by molar-refractivity contribution is 5.97. The van der Waals surface area contributed by atoms with Crippen LogP contribution in [0.25, 0.3) is 5.69 Å². The summed E-state index contributed by atoms with van der Waals surface area (Å²) in [6, 6.07) is 14.1. The Morgan fingerprint density at radius 3 is 2.42 bits per heavy atom. The molecule has 168 valence electrons. The molecule has 3 aromatic rings. The molecule has 3 heterocycles. The molecule has 2 aliphatic rings. The average molecular weight is 445 g/mol. The molecule has 1 aromatic carbocycles. The normalized spacial score (nSPS) is 18.8. The van der Waals surface area contributed by atoms with Gasteiger partial charge >= 0.3 is 0 Å². The molecular formula is C26H24FN3O3. The number of rotatable bonds is 5. The maximum Gasteiger partial charge on any atom is 0.168 e. The number of nitriles is 1. The summed E-state index contributed by atoms with van der Waals surface area (Å²) in [7, 11) is 0. The molecule has 2 aromatic heterocycles. The van der Waals surface area contributed by atoms with Crippen molar-refractivity contribution in [2.24, 2.45) is 0 Å². The predicted octanol–water partition coefficient (Wildman–Crippen LogP) is 4.52. The van der Waals surface area contributed by atoms with Crippen LogP contribution in [0, 0.1) is 17.1 Å². The van der Waals surface area contributed by atoms with E-state index in [1.165, 1.54) is 12.1 Å². The third-order valence-electron chi connectivity index (χ3n) is 6.71. The fraction of sp³-hybridized carbons (Fsp3) is 0.346. The van der Waals surface area contributed by atoms with Gasteiger partial charge in [0.15, 0.2) is 11.6 Å². The van der Waals surface area contributed by atoms with E-state index >= 15 is 0 Å². The van der Waals surface area contributed by atoms with Gasteiger partial charge in [0.1, 0.15) is 5.82 Å². The molecule has 0 unspecified atom stereocenters. The van der Waals surface area contributed by atoms with Gasteiger partial charge in [-0.2, -0.15) is 5.26 Å². The lowest BCUT2D eigenvalue weighted by atomic mass is 9.70. The van der Waals surface area contributed by atoms with E-state index in [1.807, 2.05) is 12.1 Å². The largest absolute Gasteiger partial charge is 0.348 e. The van der Waals surface area contributed by atoms with Gasteiger partial charge in [-0.15, -0.1) is 0 Å². The third-order valence-corrected chi connectivity index (χ3v) is 6.71. The van der Waals surface area contributed by atoms with Crippen LogP contribution in [0.3, 0.4) is 0 Å². The monoisotopic (exact) mass is 445 g/mol. The first-order valence-corrected chi connectivity index (χ1v) is 11.1. The van der Waals surface area contributed by atoms with E-state index in [0.29, 0.717) is 44.5 Å². The Morgan fingerprint density at radius 2 is 1.79 bits per heavy atom. The Morgan fingerprint density at radius 1 is 1.06 bits per heavy atom. The number of halogens is 1. The molecule has 2 fully saturated rings. The molecule has 0 atom stereocenters. The molecule has 1 spiro atoms. The summed E-state index contributed by atoms with van der Waals surface area (Å²) in [5.74, 6) is -0.864. The number of hydrogen-bond acceptors (Lipinski definition) is 5. The minimum atomic E-state index is -0.657. The van der Waals surface area contributed by atoms with Crippen molar-refractivity contribution in [1.82, 2.24) is 9.55 Å². The molecule has 6 nitrogen and oxygen atoms in total. The zero-order valence-electron chi connectivity index (χ0n) is 18.2. The summed E-state index contributed by atoms with van der Waals surface area (Å²) in [5.41, 5.74) is 2.23. The van der Waals surface area contributed by atoms with Crippen molar-refractivity contribution in [1.29, 1.82) is 5.26 Å². The number of aromatic nitrogens is 2. The average Bonchev–Trinajstić information content (AvgIpc) is 3.52. The van der Waals surface area contributed by atoms with Crippen LogP contribution in [0.15, 0.2) is 61.1 Å². The van der Waals surface area contributed by atoms with Gasteiger partial charge in [-0.1, -0.05) is 6.07 Å². The zero-order valence-corrected chi connectivity index (χ0v) is 18.2. The predicted molar refractivity (Wildman–Crippen MR) is 118 cm³/mol. The second-order valence-corrected chi connectivity index (χ2v) is 8.74.